The van der Waals surface area contributed by atoms with Crippen molar-refractivity contribution in [1.82, 2.24) is 9.88 Å². The number of amides is 1. The minimum absolute atomic E-state index is 0.0647. The van der Waals surface area contributed by atoms with Crippen LogP contribution in [0.2, 0.25) is 0 Å². The number of esters is 1. The molecule has 5 nitrogen and oxygen atoms in total. The van der Waals surface area contributed by atoms with Gasteiger partial charge >= 0.3 is 5.97 Å². The number of aryl methyl sites for hydroxylation is 1. The predicted octanol–water partition coefficient (Wildman–Crippen LogP) is 2.98. The van der Waals surface area contributed by atoms with Gasteiger partial charge in [-0.25, -0.2) is 4.79 Å². The van der Waals surface area contributed by atoms with Gasteiger partial charge < -0.3 is 14.6 Å². The maximum atomic E-state index is 12.4. The molecule has 1 atom stereocenters. The summed E-state index contributed by atoms with van der Waals surface area (Å²) in [6, 6.07) is 1.14. The Labute approximate surface area is 134 Å². The summed E-state index contributed by atoms with van der Waals surface area (Å²) < 4.78 is 7.50. The van der Waals surface area contributed by atoms with Crippen molar-refractivity contribution >= 4 is 27.8 Å². The van der Waals surface area contributed by atoms with Crippen LogP contribution in [0.3, 0.4) is 0 Å². The maximum absolute atomic E-state index is 12.4. The van der Waals surface area contributed by atoms with Crippen LogP contribution in [0.15, 0.2) is 16.7 Å². The Hall–Kier alpha value is -1.30. The Bertz CT molecular complexity index is 495. The summed E-state index contributed by atoms with van der Waals surface area (Å²) in [6.45, 7) is 6.65. The summed E-state index contributed by atoms with van der Waals surface area (Å²) in [5.41, 5.74) is 0.532. The zero-order chi connectivity index (χ0) is 16.0. The number of halogens is 1. The molecule has 0 unspecified atom stereocenters. The summed E-state index contributed by atoms with van der Waals surface area (Å²) in [5, 5.41) is 2.82. The first kappa shape index (κ1) is 17.8. The van der Waals surface area contributed by atoms with E-state index in [0.717, 1.165) is 17.3 Å². The van der Waals surface area contributed by atoms with Crippen molar-refractivity contribution in [3.8, 4) is 0 Å². The molecule has 0 radical (unpaired) electrons. The number of rotatable bonds is 7. The lowest BCUT2D eigenvalue weighted by molar-refractivity contribution is -0.144. The lowest BCUT2D eigenvalue weighted by Crippen LogP contribution is -2.46. The second-order valence-corrected chi connectivity index (χ2v) is 5.80. The van der Waals surface area contributed by atoms with Gasteiger partial charge in [-0.15, -0.1) is 0 Å². The van der Waals surface area contributed by atoms with Crippen molar-refractivity contribution in [1.29, 1.82) is 0 Å². The van der Waals surface area contributed by atoms with Gasteiger partial charge in [-0.3, -0.25) is 4.79 Å². The van der Waals surface area contributed by atoms with Crippen molar-refractivity contribution in [2.75, 3.05) is 7.11 Å². The standard InChI is InChI=1S/C15H23BrN2O3/c1-5-10(6-2)13(15(20)21-4)17-14(19)12-8-11(16)9-18(12)7-3/h8-10,13H,5-7H2,1-4H3,(H,17,19)/t13-/m1/s1. The van der Waals surface area contributed by atoms with E-state index in [1.54, 1.807) is 6.07 Å². The molecule has 0 aliphatic rings. The van der Waals surface area contributed by atoms with Crippen molar-refractivity contribution in [2.24, 2.45) is 5.92 Å². The van der Waals surface area contributed by atoms with Crippen LogP contribution in [0.4, 0.5) is 0 Å². The number of nitrogens with zero attached hydrogens (tertiary/aromatic N) is 1. The fourth-order valence-electron chi connectivity index (χ4n) is 2.40. The van der Waals surface area contributed by atoms with E-state index in [0.29, 0.717) is 12.2 Å². The number of hydrogen-bond donors (Lipinski definition) is 1. The Morgan fingerprint density at radius 2 is 1.95 bits per heavy atom. The summed E-state index contributed by atoms with van der Waals surface area (Å²) in [6.07, 6.45) is 3.45. The SMILES string of the molecule is CCC(CC)[C@@H](NC(=O)c1cc(Br)cn1CC)C(=O)OC. The van der Waals surface area contributed by atoms with Crippen LogP contribution < -0.4 is 5.32 Å². The minimum atomic E-state index is -0.614. The first-order chi connectivity index (χ1) is 9.98. The zero-order valence-corrected chi connectivity index (χ0v) is 14.6. The third kappa shape index (κ3) is 4.33. The lowest BCUT2D eigenvalue weighted by Gasteiger charge is -2.24. The average Bonchev–Trinajstić information content (AvgIpc) is 2.87. The molecular weight excluding hydrogens is 336 g/mol. The van der Waals surface area contributed by atoms with E-state index >= 15 is 0 Å². The fourth-order valence-corrected chi connectivity index (χ4v) is 2.86. The summed E-state index contributed by atoms with van der Waals surface area (Å²) in [5.74, 6) is -0.592. The molecule has 1 N–H and O–H groups in total. The molecule has 0 spiro atoms. The van der Waals surface area contributed by atoms with Crippen LogP contribution in [0.25, 0.3) is 0 Å². The van der Waals surface area contributed by atoms with E-state index in [1.165, 1.54) is 7.11 Å². The smallest absolute Gasteiger partial charge is 0.328 e. The summed E-state index contributed by atoms with van der Waals surface area (Å²) >= 11 is 3.36. The van der Waals surface area contributed by atoms with Gasteiger partial charge in [-0.1, -0.05) is 26.7 Å². The molecule has 118 valence electrons. The highest BCUT2D eigenvalue weighted by Crippen LogP contribution is 2.18. The first-order valence-corrected chi connectivity index (χ1v) is 8.02. The Balaban J connectivity index is 2.97. The highest BCUT2D eigenvalue weighted by atomic mass is 79.9. The van der Waals surface area contributed by atoms with Crippen LogP contribution in [0.5, 0.6) is 0 Å². The van der Waals surface area contributed by atoms with E-state index in [1.807, 2.05) is 31.5 Å². The second kappa shape index (κ2) is 8.22. The van der Waals surface area contributed by atoms with Gasteiger partial charge in [0.1, 0.15) is 11.7 Å². The molecule has 6 heteroatoms. The van der Waals surface area contributed by atoms with Crippen molar-refractivity contribution < 1.29 is 14.3 Å². The van der Waals surface area contributed by atoms with Crippen molar-refractivity contribution in [2.45, 2.75) is 46.2 Å². The molecule has 1 amide bonds. The van der Waals surface area contributed by atoms with E-state index in [-0.39, 0.29) is 11.8 Å². The molecular formula is C15H23BrN2O3. The van der Waals surface area contributed by atoms with Gasteiger partial charge in [0, 0.05) is 17.2 Å². The van der Waals surface area contributed by atoms with Crippen LogP contribution in [0.1, 0.15) is 44.1 Å². The Morgan fingerprint density at radius 3 is 2.43 bits per heavy atom. The monoisotopic (exact) mass is 358 g/mol. The fraction of sp³-hybridized carbons (Fsp3) is 0.600. The van der Waals surface area contributed by atoms with Crippen molar-refractivity contribution in [3.05, 3.63) is 22.4 Å². The van der Waals surface area contributed by atoms with Crippen LogP contribution >= 0.6 is 15.9 Å². The third-order valence-corrected chi connectivity index (χ3v) is 4.13. The van der Waals surface area contributed by atoms with Gasteiger partial charge in [-0.2, -0.15) is 0 Å². The normalized spacial score (nSPS) is 12.3. The molecule has 0 saturated heterocycles. The van der Waals surface area contributed by atoms with Gasteiger partial charge in [0.25, 0.3) is 5.91 Å². The largest absolute Gasteiger partial charge is 0.467 e. The van der Waals surface area contributed by atoms with Crippen LogP contribution in [-0.2, 0) is 16.1 Å². The molecule has 1 aromatic heterocycles. The highest BCUT2D eigenvalue weighted by Gasteiger charge is 2.29. The number of methoxy groups -OCH3 is 1. The molecule has 0 aliphatic carbocycles. The van der Waals surface area contributed by atoms with Crippen LogP contribution in [0, 0.1) is 5.92 Å². The van der Waals surface area contributed by atoms with E-state index < -0.39 is 12.0 Å². The second-order valence-electron chi connectivity index (χ2n) is 4.88. The number of aromatic nitrogens is 1. The molecule has 0 bridgehead atoms. The predicted molar refractivity (Wildman–Crippen MR) is 85.1 cm³/mol. The van der Waals surface area contributed by atoms with Crippen LogP contribution in [-0.4, -0.2) is 29.6 Å². The van der Waals surface area contributed by atoms with Gasteiger partial charge in [-0.05, 0) is 34.8 Å². The van der Waals surface area contributed by atoms with Gasteiger partial charge in [0.05, 0.1) is 7.11 Å². The topological polar surface area (TPSA) is 60.3 Å². The Morgan fingerprint density at radius 1 is 1.33 bits per heavy atom. The number of nitrogens with one attached hydrogen (secondary N) is 1. The van der Waals surface area contributed by atoms with Crippen molar-refractivity contribution in [3.63, 3.8) is 0 Å². The highest BCUT2D eigenvalue weighted by molar-refractivity contribution is 9.10. The summed E-state index contributed by atoms with van der Waals surface area (Å²) in [7, 11) is 1.34. The van der Waals surface area contributed by atoms with Gasteiger partial charge in [0.15, 0.2) is 0 Å². The van der Waals surface area contributed by atoms with E-state index in [4.69, 9.17) is 4.74 Å². The molecule has 0 saturated carbocycles. The minimum Gasteiger partial charge on any atom is -0.467 e. The average molecular weight is 359 g/mol. The maximum Gasteiger partial charge on any atom is 0.328 e. The van der Waals surface area contributed by atoms with Gasteiger partial charge in [0.2, 0.25) is 0 Å². The Kier molecular flexibility index (Phi) is 6.95. The molecule has 1 rings (SSSR count). The number of carbonyl (C=O) groups is 2. The molecule has 0 aromatic carbocycles. The molecule has 1 heterocycles. The molecule has 0 fully saturated rings. The molecule has 1 aromatic rings. The number of hydrogen-bond acceptors (Lipinski definition) is 3. The quantitative estimate of drug-likeness (QED) is 0.762. The lowest BCUT2D eigenvalue weighted by atomic mass is 9.94. The third-order valence-electron chi connectivity index (χ3n) is 3.70. The first-order valence-electron chi connectivity index (χ1n) is 7.22. The van der Waals surface area contributed by atoms with E-state index in [2.05, 4.69) is 21.2 Å². The molecule has 21 heavy (non-hydrogen) atoms. The zero-order valence-electron chi connectivity index (χ0n) is 13.0. The summed E-state index contributed by atoms with van der Waals surface area (Å²) in [4.78, 5) is 24.4. The molecule has 0 aliphatic heterocycles. The number of ether oxygens (including phenoxy) is 1. The number of carbonyl (C=O) groups excluding carboxylic acids is 2. The van der Waals surface area contributed by atoms with E-state index in [9.17, 15) is 9.59 Å².